The second-order valence-corrected chi connectivity index (χ2v) is 9.92. The lowest BCUT2D eigenvalue weighted by Gasteiger charge is -2.23. The summed E-state index contributed by atoms with van der Waals surface area (Å²) in [6.45, 7) is 4.22. The minimum Gasteiger partial charge on any atom is -0.462 e. The van der Waals surface area contributed by atoms with Crippen molar-refractivity contribution in [3.05, 3.63) is 99.0 Å². The predicted molar refractivity (Wildman–Crippen MR) is 126 cm³/mol. The third-order valence-corrected chi connectivity index (χ3v) is 7.60. The minimum absolute atomic E-state index is 0.0132. The Hall–Kier alpha value is -2.38. The number of hydrogen-bond donors (Lipinski definition) is 0. The summed E-state index contributed by atoms with van der Waals surface area (Å²) in [6, 6.07) is 18.8. The molecule has 168 valence electrons. The van der Waals surface area contributed by atoms with E-state index in [2.05, 4.69) is 0 Å². The summed E-state index contributed by atoms with van der Waals surface area (Å²) in [5.74, 6) is -0.422. The molecular weight excluding hydrogens is 469 g/mol. The van der Waals surface area contributed by atoms with Crippen molar-refractivity contribution in [2.75, 3.05) is 6.61 Å². The minimum atomic E-state index is -3.97. The molecule has 0 spiro atoms. The molecule has 0 aromatic heterocycles. The highest BCUT2D eigenvalue weighted by molar-refractivity contribution is 7.89. The summed E-state index contributed by atoms with van der Waals surface area (Å²) < 4.78 is 33.4. The lowest BCUT2D eigenvalue weighted by Crippen LogP contribution is -2.30. The van der Waals surface area contributed by atoms with Crippen LogP contribution in [0, 0.1) is 6.92 Å². The first kappa shape index (κ1) is 24.3. The van der Waals surface area contributed by atoms with Crippen LogP contribution in [0.5, 0.6) is 0 Å². The molecule has 0 N–H and O–H groups in total. The number of carbonyl (C=O) groups excluding carboxylic acids is 1. The van der Waals surface area contributed by atoms with Crippen LogP contribution in [0.15, 0.2) is 71.6 Å². The van der Waals surface area contributed by atoms with Crippen LogP contribution in [0.25, 0.3) is 0 Å². The molecule has 0 radical (unpaired) electrons. The van der Waals surface area contributed by atoms with Crippen LogP contribution in [0.3, 0.4) is 0 Å². The molecule has 3 rings (SSSR count). The molecule has 0 unspecified atom stereocenters. The maximum atomic E-state index is 13.6. The van der Waals surface area contributed by atoms with Crippen LogP contribution >= 0.6 is 23.2 Å². The fraction of sp³-hybridized carbons (Fsp3) is 0.208. The van der Waals surface area contributed by atoms with Crippen LogP contribution in [-0.4, -0.2) is 25.3 Å². The molecule has 0 aliphatic rings. The van der Waals surface area contributed by atoms with Gasteiger partial charge < -0.3 is 4.74 Å². The molecule has 5 nitrogen and oxygen atoms in total. The van der Waals surface area contributed by atoms with Gasteiger partial charge in [-0.3, -0.25) is 0 Å². The van der Waals surface area contributed by atoms with Crippen molar-refractivity contribution in [2.45, 2.75) is 31.8 Å². The predicted octanol–water partition coefficient (Wildman–Crippen LogP) is 5.87. The first-order valence-corrected chi connectivity index (χ1v) is 12.2. The van der Waals surface area contributed by atoms with E-state index < -0.39 is 16.0 Å². The Bertz CT molecular complexity index is 1190. The van der Waals surface area contributed by atoms with E-state index >= 15 is 0 Å². The summed E-state index contributed by atoms with van der Waals surface area (Å²) in [5.41, 5.74) is 3.03. The number of esters is 1. The Morgan fingerprint density at radius 3 is 2.03 bits per heavy atom. The van der Waals surface area contributed by atoms with E-state index in [4.69, 9.17) is 27.9 Å². The van der Waals surface area contributed by atoms with Gasteiger partial charge in [0, 0.05) is 13.1 Å². The zero-order valence-corrected chi connectivity index (χ0v) is 20.0. The van der Waals surface area contributed by atoms with Crippen molar-refractivity contribution >= 4 is 39.2 Å². The Morgan fingerprint density at radius 2 is 1.47 bits per heavy atom. The highest BCUT2D eigenvalue weighted by Gasteiger charge is 2.28. The SMILES string of the molecule is CCOC(=O)c1ccc(CN(Cc2ccc(C)cc2)S(=O)(=O)c2cccc(Cl)c2Cl)cc1. The van der Waals surface area contributed by atoms with Crippen molar-refractivity contribution in [1.82, 2.24) is 4.31 Å². The van der Waals surface area contributed by atoms with E-state index in [1.54, 1.807) is 43.3 Å². The number of benzene rings is 3. The molecular formula is C24H23Cl2NO4S. The van der Waals surface area contributed by atoms with Gasteiger partial charge in [-0.1, -0.05) is 71.2 Å². The van der Waals surface area contributed by atoms with Gasteiger partial charge in [0.2, 0.25) is 10.0 Å². The van der Waals surface area contributed by atoms with Crippen molar-refractivity contribution in [3.8, 4) is 0 Å². The average molecular weight is 492 g/mol. The lowest BCUT2D eigenvalue weighted by molar-refractivity contribution is 0.0526. The van der Waals surface area contributed by atoms with E-state index in [1.807, 2.05) is 31.2 Å². The van der Waals surface area contributed by atoms with E-state index in [9.17, 15) is 13.2 Å². The van der Waals surface area contributed by atoms with Gasteiger partial charge in [-0.2, -0.15) is 4.31 Å². The molecule has 0 aliphatic carbocycles. The van der Waals surface area contributed by atoms with Gasteiger partial charge >= 0.3 is 5.97 Å². The highest BCUT2D eigenvalue weighted by Crippen LogP contribution is 2.32. The summed E-state index contributed by atoms with van der Waals surface area (Å²) in [6.07, 6.45) is 0. The first-order chi connectivity index (χ1) is 15.2. The lowest BCUT2D eigenvalue weighted by atomic mass is 10.1. The van der Waals surface area contributed by atoms with Crippen molar-refractivity contribution < 1.29 is 17.9 Å². The molecule has 3 aromatic rings. The van der Waals surface area contributed by atoms with Gasteiger partial charge in [-0.25, -0.2) is 13.2 Å². The van der Waals surface area contributed by atoms with Gasteiger partial charge in [0.15, 0.2) is 0 Å². The molecule has 0 saturated heterocycles. The molecule has 0 fully saturated rings. The van der Waals surface area contributed by atoms with Crippen LogP contribution in [-0.2, 0) is 27.8 Å². The molecule has 0 saturated carbocycles. The highest BCUT2D eigenvalue weighted by atomic mass is 35.5. The number of carbonyl (C=O) groups is 1. The van der Waals surface area contributed by atoms with E-state index in [1.165, 1.54) is 10.4 Å². The quantitative estimate of drug-likeness (QED) is 0.369. The fourth-order valence-corrected chi connectivity index (χ4v) is 5.26. The monoisotopic (exact) mass is 491 g/mol. The summed E-state index contributed by atoms with van der Waals surface area (Å²) in [5, 5.41) is 0.155. The number of sulfonamides is 1. The van der Waals surface area contributed by atoms with Gasteiger partial charge in [0.1, 0.15) is 4.90 Å². The first-order valence-electron chi connectivity index (χ1n) is 9.98. The second-order valence-electron chi connectivity index (χ2n) is 7.23. The normalized spacial score (nSPS) is 11.5. The van der Waals surface area contributed by atoms with Crippen LogP contribution in [0.1, 0.15) is 34.0 Å². The largest absolute Gasteiger partial charge is 0.462 e. The van der Waals surface area contributed by atoms with Gasteiger partial charge in [-0.15, -0.1) is 0 Å². The number of nitrogens with zero attached hydrogens (tertiary/aromatic N) is 1. The third kappa shape index (κ3) is 5.70. The van der Waals surface area contributed by atoms with Crippen molar-refractivity contribution in [3.63, 3.8) is 0 Å². The second kappa shape index (κ2) is 10.5. The van der Waals surface area contributed by atoms with E-state index in [-0.39, 0.29) is 34.6 Å². The fourth-order valence-electron chi connectivity index (χ4n) is 3.11. The van der Waals surface area contributed by atoms with Gasteiger partial charge in [0.25, 0.3) is 0 Å². The Morgan fingerprint density at radius 1 is 0.906 bits per heavy atom. The maximum absolute atomic E-state index is 13.6. The molecule has 3 aromatic carbocycles. The zero-order valence-electron chi connectivity index (χ0n) is 17.7. The van der Waals surface area contributed by atoms with Crippen LogP contribution < -0.4 is 0 Å². The molecule has 0 bridgehead atoms. The zero-order chi connectivity index (χ0) is 23.3. The number of ether oxygens (including phenoxy) is 1. The van der Waals surface area contributed by atoms with Crippen molar-refractivity contribution in [1.29, 1.82) is 0 Å². The topological polar surface area (TPSA) is 63.7 Å². The standard InChI is InChI=1S/C24H23Cl2NO4S/c1-3-31-24(28)20-13-11-19(12-14-20)16-27(15-18-9-7-17(2)8-10-18)32(29,30)22-6-4-5-21(25)23(22)26/h4-14H,3,15-16H2,1-2H3. The van der Waals surface area contributed by atoms with Crippen LogP contribution in [0.4, 0.5) is 0 Å². The summed E-state index contributed by atoms with van der Waals surface area (Å²) in [7, 11) is -3.97. The molecule has 0 aliphatic heterocycles. The Balaban J connectivity index is 1.96. The Kier molecular flexibility index (Phi) is 7.96. The average Bonchev–Trinajstić information content (AvgIpc) is 2.77. The number of halogens is 2. The van der Waals surface area contributed by atoms with Crippen molar-refractivity contribution in [2.24, 2.45) is 0 Å². The maximum Gasteiger partial charge on any atom is 0.338 e. The molecule has 8 heteroatoms. The van der Waals surface area contributed by atoms with E-state index in [0.717, 1.165) is 11.1 Å². The number of aryl methyl sites for hydroxylation is 1. The third-order valence-electron chi connectivity index (χ3n) is 4.84. The van der Waals surface area contributed by atoms with Gasteiger partial charge in [-0.05, 0) is 49.2 Å². The summed E-state index contributed by atoms with van der Waals surface area (Å²) in [4.78, 5) is 11.9. The van der Waals surface area contributed by atoms with Crippen LogP contribution in [0.2, 0.25) is 10.0 Å². The smallest absolute Gasteiger partial charge is 0.338 e. The number of hydrogen-bond acceptors (Lipinski definition) is 4. The molecule has 0 amide bonds. The number of rotatable bonds is 8. The molecule has 0 atom stereocenters. The van der Waals surface area contributed by atoms with Gasteiger partial charge in [0.05, 0.1) is 22.2 Å². The molecule has 32 heavy (non-hydrogen) atoms. The summed E-state index contributed by atoms with van der Waals surface area (Å²) >= 11 is 12.3. The molecule has 0 heterocycles. The van der Waals surface area contributed by atoms with E-state index in [0.29, 0.717) is 11.1 Å². The Labute approximate surface area is 198 Å².